The molecule has 0 aromatic carbocycles. The Morgan fingerprint density at radius 2 is 2.37 bits per heavy atom. The van der Waals surface area contributed by atoms with Crippen LogP contribution in [0.2, 0.25) is 0 Å². The first-order valence-electron chi connectivity index (χ1n) is 6.54. The van der Waals surface area contributed by atoms with Crippen LogP contribution in [-0.4, -0.2) is 50.0 Å². The van der Waals surface area contributed by atoms with E-state index in [-0.39, 0.29) is 5.91 Å². The van der Waals surface area contributed by atoms with Crippen molar-refractivity contribution in [3.8, 4) is 0 Å². The van der Waals surface area contributed by atoms with Crippen LogP contribution in [0.4, 0.5) is 5.82 Å². The summed E-state index contributed by atoms with van der Waals surface area (Å²) in [7, 11) is 3.31. The molecular formula is C13H20N4O2. The van der Waals surface area contributed by atoms with Gasteiger partial charge in [0.2, 0.25) is 0 Å². The maximum absolute atomic E-state index is 11.4. The van der Waals surface area contributed by atoms with Gasteiger partial charge >= 0.3 is 0 Å². The smallest absolute Gasteiger partial charge is 0.271 e. The lowest BCUT2D eigenvalue weighted by Gasteiger charge is -2.32. The largest absolute Gasteiger partial charge is 0.384 e. The molecule has 19 heavy (non-hydrogen) atoms. The van der Waals surface area contributed by atoms with Gasteiger partial charge in [0.15, 0.2) is 11.5 Å². The zero-order chi connectivity index (χ0) is 13.7. The summed E-state index contributed by atoms with van der Waals surface area (Å²) >= 11 is 0. The maximum atomic E-state index is 11.4. The number of piperidine rings is 1. The maximum Gasteiger partial charge on any atom is 0.271 e. The predicted molar refractivity (Wildman–Crippen MR) is 72.2 cm³/mol. The third-order valence-corrected chi connectivity index (χ3v) is 3.36. The Kier molecular flexibility index (Phi) is 4.68. The van der Waals surface area contributed by atoms with Crippen molar-refractivity contribution in [1.82, 2.24) is 15.5 Å². The minimum Gasteiger partial charge on any atom is -0.384 e. The number of rotatable bonds is 4. The van der Waals surface area contributed by atoms with Crippen molar-refractivity contribution < 1.29 is 9.53 Å². The summed E-state index contributed by atoms with van der Waals surface area (Å²) in [4.78, 5) is 13.6. The average molecular weight is 264 g/mol. The number of ether oxygens (including phenoxy) is 1. The molecule has 1 atom stereocenters. The Morgan fingerprint density at radius 3 is 3.00 bits per heavy atom. The Balaban J connectivity index is 2.03. The number of hydrogen-bond donors (Lipinski definition) is 1. The summed E-state index contributed by atoms with van der Waals surface area (Å²) in [5.41, 5.74) is 0.344. The summed E-state index contributed by atoms with van der Waals surface area (Å²) in [6.07, 6.45) is 2.32. The van der Waals surface area contributed by atoms with Gasteiger partial charge in [-0.1, -0.05) is 0 Å². The van der Waals surface area contributed by atoms with Gasteiger partial charge in [0, 0.05) is 27.2 Å². The van der Waals surface area contributed by atoms with Crippen LogP contribution in [-0.2, 0) is 4.74 Å². The molecule has 1 aromatic heterocycles. The molecule has 104 valence electrons. The molecule has 1 aliphatic heterocycles. The number of nitrogens with zero attached hydrogens (tertiary/aromatic N) is 3. The normalized spacial score (nSPS) is 19.3. The van der Waals surface area contributed by atoms with E-state index in [1.165, 1.54) is 6.42 Å². The fourth-order valence-corrected chi connectivity index (χ4v) is 2.39. The highest BCUT2D eigenvalue weighted by molar-refractivity contribution is 5.91. The van der Waals surface area contributed by atoms with Crippen molar-refractivity contribution in [1.29, 1.82) is 0 Å². The molecular weight excluding hydrogens is 244 g/mol. The number of carbonyl (C=O) groups excluding carboxylic acids is 1. The molecule has 1 aliphatic rings. The molecule has 1 saturated heterocycles. The monoisotopic (exact) mass is 264 g/mol. The zero-order valence-electron chi connectivity index (χ0n) is 11.4. The quantitative estimate of drug-likeness (QED) is 0.867. The minimum absolute atomic E-state index is 0.213. The average Bonchev–Trinajstić information content (AvgIpc) is 2.47. The molecule has 6 nitrogen and oxygen atoms in total. The fourth-order valence-electron chi connectivity index (χ4n) is 2.39. The molecule has 1 unspecified atom stereocenters. The zero-order valence-corrected chi connectivity index (χ0v) is 11.4. The molecule has 1 aromatic rings. The lowest BCUT2D eigenvalue weighted by molar-refractivity contribution is 0.0957. The third-order valence-electron chi connectivity index (χ3n) is 3.36. The van der Waals surface area contributed by atoms with Gasteiger partial charge in [0.05, 0.1) is 6.61 Å². The summed E-state index contributed by atoms with van der Waals surface area (Å²) < 4.78 is 5.22. The number of nitrogens with one attached hydrogen (secondary N) is 1. The van der Waals surface area contributed by atoms with Gasteiger partial charge in [0.25, 0.3) is 5.91 Å². The van der Waals surface area contributed by atoms with Crippen LogP contribution in [0.15, 0.2) is 12.1 Å². The third kappa shape index (κ3) is 3.41. The molecule has 0 radical (unpaired) electrons. The van der Waals surface area contributed by atoms with Crippen LogP contribution >= 0.6 is 0 Å². The van der Waals surface area contributed by atoms with Gasteiger partial charge in [-0.25, -0.2) is 0 Å². The Labute approximate surface area is 113 Å². The Morgan fingerprint density at radius 1 is 1.53 bits per heavy atom. The second-order valence-corrected chi connectivity index (χ2v) is 4.77. The van der Waals surface area contributed by atoms with E-state index in [1.807, 2.05) is 6.07 Å². The molecule has 1 fully saturated rings. The first kappa shape index (κ1) is 13.7. The van der Waals surface area contributed by atoms with Crippen molar-refractivity contribution in [3.05, 3.63) is 17.8 Å². The van der Waals surface area contributed by atoms with Crippen molar-refractivity contribution in [3.63, 3.8) is 0 Å². The SMILES string of the molecule is CNC(=O)c1ccc(N2CCCC(COC)C2)nn1. The topological polar surface area (TPSA) is 67.4 Å². The van der Waals surface area contributed by atoms with Crippen LogP contribution in [0.5, 0.6) is 0 Å². The molecule has 0 saturated carbocycles. The standard InChI is InChI=1S/C13H20N4O2/c1-14-13(18)11-5-6-12(16-15-11)17-7-3-4-10(8-17)9-19-2/h5-6,10H,3-4,7-9H2,1-2H3,(H,14,18). The Bertz CT molecular complexity index is 419. The Hall–Kier alpha value is -1.69. The van der Waals surface area contributed by atoms with Gasteiger partial charge in [0.1, 0.15) is 0 Å². The number of carbonyl (C=O) groups is 1. The first-order valence-corrected chi connectivity index (χ1v) is 6.54. The van der Waals surface area contributed by atoms with Gasteiger partial charge < -0.3 is 15.0 Å². The van der Waals surface area contributed by atoms with E-state index in [1.54, 1.807) is 20.2 Å². The molecule has 2 heterocycles. The number of hydrogen-bond acceptors (Lipinski definition) is 5. The molecule has 6 heteroatoms. The lowest BCUT2D eigenvalue weighted by Crippen LogP contribution is -2.37. The summed E-state index contributed by atoms with van der Waals surface area (Å²) in [5, 5.41) is 10.6. The second kappa shape index (κ2) is 6.47. The number of amides is 1. The first-order chi connectivity index (χ1) is 9.24. The fraction of sp³-hybridized carbons (Fsp3) is 0.615. The van der Waals surface area contributed by atoms with Gasteiger partial charge in [-0.2, -0.15) is 0 Å². The van der Waals surface area contributed by atoms with E-state index < -0.39 is 0 Å². The van der Waals surface area contributed by atoms with Crippen LogP contribution in [0, 0.1) is 5.92 Å². The van der Waals surface area contributed by atoms with Crippen molar-refractivity contribution >= 4 is 11.7 Å². The number of aromatic nitrogens is 2. The van der Waals surface area contributed by atoms with Gasteiger partial charge in [-0.15, -0.1) is 10.2 Å². The second-order valence-electron chi connectivity index (χ2n) is 4.77. The van der Waals surface area contributed by atoms with E-state index in [9.17, 15) is 4.79 Å². The van der Waals surface area contributed by atoms with Crippen molar-refractivity contribution in [2.24, 2.45) is 5.92 Å². The van der Waals surface area contributed by atoms with Crippen LogP contribution in [0.25, 0.3) is 0 Å². The highest BCUT2D eigenvalue weighted by atomic mass is 16.5. The van der Waals surface area contributed by atoms with Gasteiger partial charge in [-0.05, 0) is 30.9 Å². The highest BCUT2D eigenvalue weighted by Gasteiger charge is 2.21. The van der Waals surface area contributed by atoms with Gasteiger partial charge in [-0.3, -0.25) is 4.79 Å². The minimum atomic E-state index is -0.213. The van der Waals surface area contributed by atoms with E-state index in [0.29, 0.717) is 11.6 Å². The van der Waals surface area contributed by atoms with E-state index >= 15 is 0 Å². The van der Waals surface area contributed by atoms with Crippen LogP contribution in [0.3, 0.4) is 0 Å². The predicted octanol–water partition coefficient (Wildman–Crippen LogP) is 0.699. The van der Waals surface area contributed by atoms with E-state index in [0.717, 1.165) is 31.9 Å². The van der Waals surface area contributed by atoms with E-state index in [4.69, 9.17) is 4.74 Å². The summed E-state index contributed by atoms with van der Waals surface area (Å²) in [6.45, 7) is 2.69. The highest BCUT2D eigenvalue weighted by Crippen LogP contribution is 2.21. The summed E-state index contributed by atoms with van der Waals surface area (Å²) in [5.74, 6) is 1.16. The number of methoxy groups -OCH3 is 1. The van der Waals surface area contributed by atoms with Crippen LogP contribution in [0.1, 0.15) is 23.3 Å². The van der Waals surface area contributed by atoms with Crippen molar-refractivity contribution in [2.45, 2.75) is 12.8 Å². The molecule has 1 N–H and O–H groups in total. The number of anilines is 1. The molecule has 0 spiro atoms. The molecule has 2 rings (SSSR count). The lowest BCUT2D eigenvalue weighted by atomic mass is 9.99. The van der Waals surface area contributed by atoms with E-state index in [2.05, 4.69) is 20.4 Å². The van der Waals surface area contributed by atoms with Crippen molar-refractivity contribution in [2.75, 3.05) is 38.8 Å². The summed E-state index contributed by atoms with van der Waals surface area (Å²) in [6, 6.07) is 3.56. The molecule has 0 aliphatic carbocycles. The van der Waals surface area contributed by atoms with Crippen LogP contribution < -0.4 is 10.2 Å². The molecule has 1 amide bonds. The molecule has 0 bridgehead atoms.